The van der Waals surface area contributed by atoms with Crippen LogP contribution in [0.2, 0.25) is 0 Å². The van der Waals surface area contributed by atoms with Crippen molar-refractivity contribution >= 4 is 16.6 Å². The van der Waals surface area contributed by atoms with Gasteiger partial charge >= 0.3 is 0 Å². The van der Waals surface area contributed by atoms with Gasteiger partial charge in [0.15, 0.2) is 0 Å². The SMILES string of the molecule is CC(c1ccccc1)n1c(N)cc2ccccc2c1=O. The van der Waals surface area contributed by atoms with Crippen molar-refractivity contribution in [3.05, 3.63) is 76.6 Å². The molecule has 0 aliphatic rings. The smallest absolute Gasteiger partial charge is 0.260 e. The van der Waals surface area contributed by atoms with E-state index in [2.05, 4.69) is 0 Å². The Labute approximate surface area is 117 Å². The molecule has 0 amide bonds. The summed E-state index contributed by atoms with van der Waals surface area (Å²) >= 11 is 0. The summed E-state index contributed by atoms with van der Waals surface area (Å²) in [5.41, 5.74) is 7.11. The molecule has 1 aromatic heterocycles. The minimum absolute atomic E-state index is 0.0445. The van der Waals surface area contributed by atoms with E-state index in [1.807, 2.05) is 67.6 Å². The molecule has 1 unspecified atom stereocenters. The van der Waals surface area contributed by atoms with Gasteiger partial charge in [0.25, 0.3) is 5.56 Å². The number of fused-ring (bicyclic) bond motifs is 1. The van der Waals surface area contributed by atoms with Gasteiger partial charge in [0.05, 0.1) is 6.04 Å². The minimum atomic E-state index is -0.0895. The molecule has 0 aliphatic carbocycles. The summed E-state index contributed by atoms with van der Waals surface area (Å²) in [6.45, 7) is 1.99. The first-order valence-electron chi connectivity index (χ1n) is 6.63. The molecular formula is C17H16N2O. The maximum Gasteiger partial charge on any atom is 0.260 e. The summed E-state index contributed by atoms with van der Waals surface area (Å²) in [4.78, 5) is 12.6. The number of aromatic nitrogens is 1. The number of pyridine rings is 1. The van der Waals surface area contributed by atoms with Crippen LogP contribution in [0.3, 0.4) is 0 Å². The Balaban J connectivity index is 2.24. The van der Waals surface area contributed by atoms with Gasteiger partial charge in [-0.3, -0.25) is 9.36 Å². The third kappa shape index (κ3) is 1.97. The lowest BCUT2D eigenvalue weighted by molar-refractivity contribution is 0.629. The average molecular weight is 264 g/mol. The van der Waals surface area contributed by atoms with Crippen molar-refractivity contribution in [1.29, 1.82) is 0 Å². The topological polar surface area (TPSA) is 48.0 Å². The van der Waals surface area contributed by atoms with E-state index in [9.17, 15) is 4.79 Å². The van der Waals surface area contributed by atoms with Crippen LogP contribution in [0, 0.1) is 0 Å². The summed E-state index contributed by atoms with van der Waals surface area (Å²) in [6, 6.07) is 19.2. The maximum absolute atomic E-state index is 12.6. The molecule has 0 radical (unpaired) electrons. The van der Waals surface area contributed by atoms with Gasteiger partial charge in [0.2, 0.25) is 0 Å². The van der Waals surface area contributed by atoms with Gasteiger partial charge in [-0.25, -0.2) is 0 Å². The van der Waals surface area contributed by atoms with E-state index in [0.717, 1.165) is 10.9 Å². The highest BCUT2D eigenvalue weighted by Crippen LogP contribution is 2.21. The first kappa shape index (κ1) is 12.5. The first-order chi connectivity index (χ1) is 9.68. The van der Waals surface area contributed by atoms with Crippen molar-refractivity contribution in [2.24, 2.45) is 0 Å². The predicted octanol–water partition coefficient (Wildman–Crippen LogP) is 3.19. The molecule has 2 N–H and O–H groups in total. The van der Waals surface area contributed by atoms with Crippen LogP contribution in [0.4, 0.5) is 5.82 Å². The zero-order valence-electron chi connectivity index (χ0n) is 11.3. The van der Waals surface area contributed by atoms with Crippen molar-refractivity contribution in [1.82, 2.24) is 4.57 Å². The Morgan fingerprint density at radius 3 is 2.40 bits per heavy atom. The third-order valence-electron chi connectivity index (χ3n) is 3.66. The average Bonchev–Trinajstić information content (AvgIpc) is 2.48. The number of nitrogens with two attached hydrogens (primary N) is 1. The van der Waals surface area contributed by atoms with Crippen LogP contribution >= 0.6 is 0 Å². The largest absolute Gasteiger partial charge is 0.385 e. The second-order valence-electron chi connectivity index (χ2n) is 4.92. The van der Waals surface area contributed by atoms with E-state index in [-0.39, 0.29) is 11.6 Å². The fourth-order valence-electron chi connectivity index (χ4n) is 2.57. The second-order valence-corrected chi connectivity index (χ2v) is 4.92. The highest BCUT2D eigenvalue weighted by atomic mass is 16.1. The van der Waals surface area contributed by atoms with Crippen LogP contribution in [0.15, 0.2) is 65.5 Å². The lowest BCUT2D eigenvalue weighted by Crippen LogP contribution is -2.26. The van der Waals surface area contributed by atoms with Crippen molar-refractivity contribution in [3.8, 4) is 0 Å². The van der Waals surface area contributed by atoms with Crippen molar-refractivity contribution in [2.75, 3.05) is 5.73 Å². The molecule has 1 heterocycles. The highest BCUT2D eigenvalue weighted by Gasteiger charge is 2.14. The van der Waals surface area contributed by atoms with E-state index in [0.29, 0.717) is 11.2 Å². The van der Waals surface area contributed by atoms with Crippen molar-refractivity contribution in [3.63, 3.8) is 0 Å². The number of anilines is 1. The number of rotatable bonds is 2. The first-order valence-corrected chi connectivity index (χ1v) is 6.63. The molecule has 0 spiro atoms. The number of benzene rings is 2. The molecule has 100 valence electrons. The Morgan fingerprint density at radius 1 is 1.00 bits per heavy atom. The normalized spacial score (nSPS) is 12.4. The molecule has 0 fully saturated rings. The van der Waals surface area contributed by atoms with Gasteiger partial charge < -0.3 is 5.73 Å². The van der Waals surface area contributed by atoms with Crippen LogP contribution in [0.1, 0.15) is 18.5 Å². The Morgan fingerprint density at radius 2 is 1.65 bits per heavy atom. The van der Waals surface area contributed by atoms with E-state index >= 15 is 0 Å². The van der Waals surface area contributed by atoms with E-state index in [4.69, 9.17) is 5.73 Å². The van der Waals surface area contributed by atoms with E-state index < -0.39 is 0 Å². The highest BCUT2D eigenvalue weighted by molar-refractivity contribution is 5.83. The van der Waals surface area contributed by atoms with Crippen LogP contribution in [0.25, 0.3) is 10.8 Å². The molecule has 0 aliphatic heterocycles. The number of hydrogen-bond acceptors (Lipinski definition) is 2. The number of nitrogens with zero attached hydrogens (tertiary/aromatic N) is 1. The fraction of sp³-hybridized carbons (Fsp3) is 0.118. The van der Waals surface area contributed by atoms with Gasteiger partial charge in [-0.15, -0.1) is 0 Å². The summed E-state index contributed by atoms with van der Waals surface area (Å²) in [7, 11) is 0. The third-order valence-corrected chi connectivity index (χ3v) is 3.66. The Hall–Kier alpha value is -2.55. The molecule has 0 saturated heterocycles. The Kier molecular flexibility index (Phi) is 3.03. The van der Waals surface area contributed by atoms with Gasteiger partial charge in [-0.1, -0.05) is 48.5 Å². The lowest BCUT2D eigenvalue weighted by Gasteiger charge is -2.19. The molecular weight excluding hydrogens is 248 g/mol. The van der Waals surface area contributed by atoms with Crippen LogP contribution in [0.5, 0.6) is 0 Å². The molecule has 3 aromatic rings. The van der Waals surface area contributed by atoms with Crippen LogP contribution < -0.4 is 11.3 Å². The molecule has 2 aromatic carbocycles. The monoisotopic (exact) mass is 264 g/mol. The fourth-order valence-corrected chi connectivity index (χ4v) is 2.57. The molecule has 1 atom stereocenters. The minimum Gasteiger partial charge on any atom is -0.385 e. The van der Waals surface area contributed by atoms with Gasteiger partial charge in [-0.2, -0.15) is 0 Å². The number of hydrogen-bond donors (Lipinski definition) is 1. The second kappa shape index (κ2) is 4.85. The van der Waals surface area contributed by atoms with Crippen LogP contribution in [-0.4, -0.2) is 4.57 Å². The molecule has 3 nitrogen and oxygen atoms in total. The Bertz CT molecular complexity index is 806. The van der Waals surface area contributed by atoms with Gasteiger partial charge in [0.1, 0.15) is 5.82 Å². The zero-order chi connectivity index (χ0) is 14.1. The quantitative estimate of drug-likeness (QED) is 0.772. The summed E-state index contributed by atoms with van der Waals surface area (Å²) in [5.74, 6) is 0.491. The molecule has 3 heteroatoms. The van der Waals surface area contributed by atoms with E-state index in [1.54, 1.807) is 4.57 Å². The maximum atomic E-state index is 12.6. The van der Waals surface area contributed by atoms with E-state index in [1.165, 1.54) is 0 Å². The lowest BCUT2D eigenvalue weighted by atomic mass is 10.1. The standard InChI is InChI=1S/C17H16N2O/c1-12(13-7-3-2-4-8-13)19-16(18)11-14-9-5-6-10-15(14)17(19)20/h2-12H,18H2,1H3. The van der Waals surface area contributed by atoms with Gasteiger partial charge in [0, 0.05) is 5.39 Å². The number of nitrogen functional groups attached to an aromatic ring is 1. The van der Waals surface area contributed by atoms with Crippen molar-refractivity contribution in [2.45, 2.75) is 13.0 Å². The summed E-state index contributed by atoms with van der Waals surface area (Å²) < 4.78 is 1.65. The van der Waals surface area contributed by atoms with Crippen LogP contribution in [-0.2, 0) is 0 Å². The summed E-state index contributed by atoms with van der Waals surface area (Å²) in [5, 5.41) is 1.58. The predicted molar refractivity (Wildman–Crippen MR) is 82.9 cm³/mol. The summed E-state index contributed by atoms with van der Waals surface area (Å²) in [6.07, 6.45) is 0. The van der Waals surface area contributed by atoms with Crippen molar-refractivity contribution < 1.29 is 0 Å². The van der Waals surface area contributed by atoms with Gasteiger partial charge in [-0.05, 0) is 30.0 Å². The molecule has 20 heavy (non-hydrogen) atoms. The molecule has 0 saturated carbocycles. The molecule has 3 rings (SSSR count). The molecule has 0 bridgehead atoms. The zero-order valence-corrected chi connectivity index (χ0v) is 11.3.